The van der Waals surface area contributed by atoms with E-state index in [0.29, 0.717) is 0 Å². The molecule has 0 atom stereocenters. The highest BCUT2D eigenvalue weighted by atomic mass is 79.9. The minimum absolute atomic E-state index is 0.0120. The number of nitrogens with zero attached hydrogens (tertiary/aromatic N) is 2. The molecule has 16 heavy (non-hydrogen) atoms. The first-order chi connectivity index (χ1) is 7.37. The van der Waals surface area contributed by atoms with Gasteiger partial charge in [0.2, 0.25) is 5.88 Å². The fourth-order valence-corrected chi connectivity index (χ4v) is 1.34. The van der Waals surface area contributed by atoms with E-state index in [4.69, 9.17) is 10.00 Å². The molecular formula is C8H4BrF3N2O2. The van der Waals surface area contributed by atoms with Crippen LogP contribution >= 0.6 is 15.9 Å². The predicted molar refractivity (Wildman–Crippen MR) is 49.9 cm³/mol. The lowest BCUT2D eigenvalue weighted by Gasteiger charge is -2.12. The lowest BCUT2D eigenvalue weighted by molar-refractivity contribution is -0.275. The number of pyridine rings is 1. The van der Waals surface area contributed by atoms with E-state index in [2.05, 4.69) is 25.7 Å². The number of aromatic nitrogens is 1. The summed E-state index contributed by atoms with van der Waals surface area (Å²) in [6.45, 7) is 0. The second-order valence-corrected chi connectivity index (χ2v) is 3.34. The van der Waals surface area contributed by atoms with Gasteiger partial charge in [-0.05, 0) is 15.9 Å². The van der Waals surface area contributed by atoms with Gasteiger partial charge in [0.15, 0.2) is 11.4 Å². The zero-order valence-corrected chi connectivity index (χ0v) is 9.39. The molecule has 8 heteroatoms. The summed E-state index contributed by atoms with van der Waals surface area (Å²) < 4.78 is 44.3. The van der Waals surface area contributed by atoms with E-state index in [1.165, 1.54) is 19.2 Å². The Hall–Kier alpha value is -1.49. The summed E-state index contributed by atoms with van der Waals surface area (Å²) in [6, 6.07) is 2.66. The Labute approximate surface area is 96.7 Å². The van der Waals surface area contributed by atoms with E-state index in [0.717, 1.165) is 0 Å². The number of nitriles is 1. The summed E-state index contributed by atoms with van der Waals surface area (Å²) in [5.74, 6) is -0.672. The lowest BCUT2D eigenvalue weighted by Crippen LogP contribution is -2.18. The van der Waals surface area contributed by atoms with E-state index < -0.39 is 17.8 Å². The standard InChI is InChI=1S/C8H4BrF3N2O2/c1-15-6-2-4(9)7(5(3-13)14-6)16-8(10,11)12/h2H,1H3. The van der Waals surface area contributed by atoms with Gasteiger partial charge in [0.25, 0.3) is 0 Å². The van der Waals surface area contributed by atoms with Crippen molar-refractivity contribution < 1.29 is 22.6 Å². The van der Waals surface area contributed by atoms with Gasteiger partial charge in [-0.2, -0.15) is 10.2 Å². The van der Waals surface area contributed by atoms with Gasteiger partial charge in [0, 0.05) is 6.07 Å². The summed E-state index contributed by atoms with van der Waals surface area (Å²) in [5, 5.41) is 8.62. The van der Waals surface area contributed by atoms with Gasteiger partial charge >= 0.3 is 6.36 Å². The molecule has 0 bridgehead atoms. The van der Waals surface area contributed by atoms with Crippen LogP contribution in [-0.4, -0.2) is 18.5 Å². The van der Waals surface area contributed by atoms with Gasteiger partial charge < -0.3 is 9.47 Å². The summed E-state index contributed by atoms with van der Waals surface area (Å²) in [7, 11) is 1.28. The van der Waals surface area contributed by atoms with Crippen LogP contribution in [0.15, 0.2) is 10.5 Å². The minimum Gasteiger partial charge on any atom is -0.481 e. The number of hydrogen-bond acceptors (Lipinski definition) is 4. The Morgan fingerprint density at radius 1 is 1.50 bits per heavy atom. The Morgan fingerprint density at radius 2 is 2.12 bits per heavy atom. The Kier molecular flexibility index (Phi) is 3.59. The maximum atomic E-state index is 12.0. The Balaban J connectivity index is 3.23. The molecule has 0 saturated heterocycles. The molecule has 0 N–H and O–H groups in total. The van der Waals surface area contributed by atoms with Gasteiger partial charge in [0.05, 0.1) is 11.6 Å². The molecule has 4 nitrogen and oxygen atoms in total. The molecule has 0 aromatic carbocycles. The van der Waals surface area contributed by atoms with Crippen LogP contribution in [0.1, 0.15) is 5.69 Å². The molecule has 1 heterocycles. The van der Waals surface area contributed by atoms with Crippen LogP contribution in [0.25, 0.3) is 0 Å². The zero-order valence-electron chi connectivity index (χ0n) is 7.80. The molecule has 1 aromatic heterocycles. The first-order valence-corrected chi connectivity index (χ1v) is 4.57. The SMILES string of the molecule is COc1cc(Br)c(OC(F)(F)F)c(C#N)n1. The van der Waals surface area contributed by atoms with E-state index in [9.17, 15) is 13.2 Å². The second-order valence-electron chi connectivity index (χ2n) is 2.48. The highest BCUT2D eigenvalue weighted by Gasteiger charge is 2.34. The molecule has 0 radical (unpaired) electrons. The van der Waals surface area contributed by atoms with Crippen molar-refractivity contribution in [1.29, 1.82) is 5.26 Å². The maximum Gasteiger partial charge on any atom is 0.573 e. The lowest BCUT2D eigenvalue weighted by atomic mass is 10.3. The quantitative estimate of drug-likeness (QED) is 0.842. The number of hydrogen-bond donors (Lipinski definition) is 0. The van der Waals surface area contributed by atoms with E-state index in [-0.39, 0.29) is 10.4 Å². The summed E-state index contributed by atoms with van der Waals surface area (Å²) in [4.78, 5) is 3.52. The number of methoxy groups -OCH3 is 1. The second kappa shape index (κ2) is 4.57. The van der Waals surface area contributed by atoms with E-state index in [1.807, 2.05) is 0 Å². The van der Waals surface area contributed by atoms with E-state index in [1.54, 1.807) is 0 Å². The third kappa shape index (κ3) is 3.00. The molecule has 0 fully saturated rings. The molecule has 86 valence electrons. The molecule has 0 unspecified atom stereocenters. The van der Waals surface area contributed by atoms with Gasteiger partial charge in [-0.1, -0.05) is 0 Å². The predicted octanol–water partition coefficient (Wildman–Crippen LogP) is 2.62. The summed E-state index contributed by atoms with van der Waals surface area (Å²) in [6.07, 6.45) is -4.88. The van der Waals surface area contributed by atoms with Crippen LogP contribution < -0.4 is 9.47 Å². The van der Waals surface area contributed by atoms with Crippen molar-refractivity contribution in [3.63, 3.8) is 0 Å². The molecule has 1 aromatic rings. The number of alkyl halides is 3. The minimum atomic E-state index is -4.88. The summed E-state index contributed by atoms with van der Waals surface area (Å²) in [5.41, 5.74) is -0.511. The molecule has 0 aliphatic rings. The van der Waals surface area contributed by atoms with Crippen LogP contribution in [-0.2, 0) is 0 Å². The average molecular weight is 297 g/mol. The highest BCUT2D eigenvalue weighted by Crippen LogP contribution is 2.34. The molecule has 0 spiro atoms. The fourth-order valence-electron chi connectivity index (χ4n) is 0.873. The maximum absolute atomic E-state index is 12.0. The topological polar surface area (TPSA) is 55.1 Å². The van der Waals surface area contributed by atoms with Gasteiger partial charge in [-0.3, -0.25) is 0 Å². The van der Waals surface area contributed by atoms with Crippen molar-refractivity contribution in [3.05, 3.63) is 16.2 Å². The number of halogens is 4. The van der Waals surface area contributed by atoms with Gasteiger partial charge in [0.1, 0.15) is 6.07 Å². The normalized spacial score (nSPS) is 10.8. The van der Waals surface area contributed by atoms with Crippen LogP contribution in [0.2, 0.25) is 0 Å². The number of ether oxygens (including phenoxy) is 2. The van der Waals surface area contributed by atoms with Crippen molar-refractivity contribution in [2.45, 2.75) is 6.36 Å². The Bertz CT molecular complexity index is 442. The van der Waals surface area contributed by atoms with Crippen molar-refractivity contribution in [2.75, 3.05) is 7.11 Å². The largest absolute Gasteiger partial charge is 0.573 e. The zero-order chi connectivity index (χ0) is 12.3. The van der Waals surface area contributed by atoms with Crippen molar-refractivity contribution in [3.8, 4) is 17.7 Å². The third-order valence-electron chi connectivity index (χ3n) is 1.44. The summed E-state index contributed by atoms with van der Waals surface area (Å²) >= 11 is 2.84. The van der Waals surface area contributed by atoms with Crippen molar-refractivity contribution in [1.82, 2.24) is 4.98 Å². The van der Waals surface area contributed by atoms with E-state index >= 15 is 0 Å². The van der Waals surface area contributed by atoms with Gasteiger partial charge in [-0.25, -0.2) is 0 Å². The van der Waals surface area contributed by atoms with Crippen LogP contribution in [0.5, 0.6) is 11.6 Å². The van der Waals surface area contributed by atoms with Crippen molar-refractivity contribution >= 4 is 15.9 Å². The Morgan fingerprint density at radius 3 is 2.56 bits per heavy atom. The van der Waals surface area contributed by atoms with Gasteiger partial charge in [-0.15, -0.1) is 13.2 Å². The molecule has 0 amide bonds. The van der Waals surface area contributed by atoms with Crippen LogP contribution in [0.3, 0.4) is 0 Å². The third-order valence-corrected chi connectivity index (χ3v) is 2.03. The van der Waals surface area contributed by atoms with Crippen LogP contribution in [0, 0.1) is 11.3 Å². The average Bonchev–Trinajstić information content (AvgIpc) is 2.19. The fraction of sp³-hybridized carbons (Fsp3) is 0.250. The molecule has 0 saturated carbocycles. The monoisotopic (exact) mass is 296 g/mol. The molecule has 0 aliphatic heterocycles. The number of rotatable bonds is 2. The first kappa shape index (κ1) is 12.6. The van der Waals surface area contributed by atoms with Crippen LogP contribution in [0.4, 0.5) is 13.2 Å². The molecule has 0 aliphatic carbocycles. The smallest absolute Gasteiger partial charge is 0.481 e. The van der Waals surface area contributed by atoms with Crippen molar-refractivity contribution in [2.24, 2.45) is 0 Å². The molecule has 1 rings (SSSR count). The highest BCUT2D eigenvalue weighted by molar-refractivity contribution is 9.10. The first-order valence-electron chi connectivity index (χ1n) is 3.77. The molecular weight excluding hydrogens is 293 g/mol.